The number of hydrogen-bond donors (Lipinski definition) is 0. The van der Waals surface area contributed by atoms with Crippen LogP contribution in [0.2, 0.25) is 0 Å². The van der Waals surface area contributed by atoms with Crippen molar-refractivity contribution in [3.63, 3.8) is 0 Å². The molecule has 0 bridgehead atoms. The van der Waals surface area contributed by atoms with Crippen LogP contribution < -0.4 is 0 Å². The molecule has 0 aliphatic carbocycles. The molecule has 0 saturated carbocycles. The summed E-state index contributed by atoms with van der Waals surface area (Å²) in [4.78, 5) is 11.8. The average Bonchev–Trinajstić information content (AvgIpc) is 2.51. The van der Waals surface area contributed by atoms with Gasteiger partial charge in [-0.2, -0.15) is 5.26 Å². The second-order valence-corrected chi connectivity index (χ2v) is 2.28. The first-order valence-corrected chi connectivity index (χ1v) is 3.44. The number of carbonyl (C=O) groups is 1. The number of furan rings is 1. The van der Waals surface area contributed by atoms with Gasteiger partial charge in [-0.25, -0.2) is 4.90 Å². The highest BCUT2D eigenvalue weighted by Gasteiger charge is 2.08. The van der Waals surface area contributed by atoms with E-state index in [1.807, 2.05) is 0 Å². The van der Waals surface area contributed by atoms with Crippen LogP contribution in [0, 0.1) is 11.5 Å². The molecule has 0 aliphatic heterocycles. The molecule has 1 amide bonds. The number of rotatable bonds is 2. The zero-order chi connectivity index (χ0) is 8.97. The van der Waals surface area contributed by atoms with Crippen molar-refractivity contribution in [1.82, 2.24) is 4.90 Å². The summed E-state index contributed by atoms with van der Waals surface area (Å²) in [5, 5.41) is 8.51. The summed E-state index contributed by atoms with van der Waals surface area (Å²) in [6.45, 7) is 1.55. The normalized spacial score (nSPS) is 9.00. The molecular weight excluding hydrogens is 156 g/mol. The van der Waals surface area contributed by atoms with Gasteiger partial charge in [0.05, 0.1) is 12.8 Å². The summed E-state index contributed by atoms with van der Waals surface area (Å²) in [7, 11) is 0. The zero-order valence-corrected chi connectivity index (χ0v) is 6.65. The summed E-state index contributed by atoms with van der Waals surface area (Å²) < 4.78 is 4.97. The molecule has 1 rings (SSSR count). The molecule has 1 heterocycles. The minimum Gasteiger partial charge on any atom is -0.467 e. The Labute approximate surface area is 70.0 Å². The Morgan fingerprint density at radius 3 is 3.00 bits per heavy atom. The van der Waals surface area contributed by atoms with Gasteiger partial charge in [0.15, 0.2) is 6.19 Å². The molecule has 1 aromatic rings. The molecule has 0 aliphatic rings. The van der Waals surface area contributed by atoms with Gasteiger partial charge in [-0.3, -0.25) is 4.79 Å². The predicted molar refractivity (Wildman–Crippen MR) is 40.5 cm³/mol. The van der Waals surface area contributed by atoms with E-state index >= 15 is 0 Å². The fourth-order valence-corrected chi connectivity index (χ4v) is 0.775. The summed E-state index contributed by atoms with van der Waals surface area (Å²) in [5.41, 5.74) is 0. The maximum Gasteiger partial charge on any atom is 0.232 e. The molecule has 4 heteroatoms. The van der Waals surface area contributed by atoms with Crippen LogP contribution in [0.15, 0.2) is 22.8 Å². The highest BCUT2D eigenvalue weighted by atomic mass is 16.3. The standard InChI is InChI=1S/C8H8N2O2/c1-7(11)10(6-9)5-8-3-2-4-12-8/h2-4H,5H2,1H3. The Hall–Kier alpha value is -1.76. The molecule has 0 unspecified atom stereocenters. The van der Waals surface area contributed by atoms with Gasteiger partial charge in [-0.15, -0.1) is 0 Å². The van der Waals surface area contributed by atoms with E-state index in [9.17, 15) is 4.79 Å². The first-order valence-electron chi connectivity index (χ1n) is 3.44. The van der Waals surface area contributed by atoms with Gasteiger partial charge in [-0.05, 0) is 12.1 Å². The van der Waals surface area contributed by atoms with E-state index in [1.165, 1.54) is 13.2 Å². The molecule has 0 spiro atoms. The van der Waals surface area contributed by atoms with Gasteiger partial charge >= 0.3 is 0 Å². The van der Waals surface area contributed by atoms with E-state index in [0.29, 0.717) is 5.76 Å². The Bertz CT molecular complexity index is 297. The van der Waals surface area contributed by atoms with E-state index in [-0.39, 0.29) is 12.5 Å². The van der Waals surface area contributed by atoms with Crippen LogP contribution in [0.25, 0.3) is 0 Å². The monoisotopic (exact) mass is 164 g/mol. The van der Waals surface area contributed by atoms with Crippen LogP contribution in [-0.2, 0) is 11.3 Å². The zero-order valence-electron chi connectivity index (χ0n) is 6.65. The highest BCUT2D eigenvalue weighted by molar-refractivity contribution is 5.74. The van der Waals surface area contributed by atoms with Crippen LogP contribution in [0.3, 0.4) is 0 Å². The Morgan fingerprint density at radius 2 is 2.58 bits per heavy atom. The third-order valence-corrected chi connectivity index (χ3v) is 1.39. The molecule has 12 heavy (non-hydrogen) atoms. The minimum absolute atomic E-state index is 0.207. The molecule has 0 saturated heterocycles. The number of carbonyl (C=O) groups excluding carboxylic acids is 1. The van der Waals surface area contributed by atoms with Crippen LogP contribution in [0.4, 0.5) is 0 Å². The largest absolute Gasteiger partial charge is 0.467 e. The van der Waals surface area contributed by atoms with Crippen molar-refractivity contribution >= 4 is 5.91 Å². The third kappa shape index (κ3) is 1.86. The van der Waals surface area contributed by atoms with E-state index in [0.717, 1.165) is 4.90 Å². The first kappa shape index (κ1) is 8.34. The molecule has 0 N–H and O–H groups in total. The number of hydrogen-bond acceptors (Lipinski definition) is 3. The van der Waals surface area contributed by atoms with Crippen molar-refractivity contribution in [3.05, 3.63) is 24.2 Å². The summed E-state index contributed by atoms with van der Waals surface area (Å²) in [6, 6.07) is 3.43. The fourth-order valence-electron chi connectivity index (χ4n) is 0.775. The lowest BCUT2D eigenvalue weighted by Crippen LogP contribution is -2.22. The maximum atomic E-state index is 10.8. The van der Waals surface area contributed by atoms with E-state index in [4.69, 9.17) is 9.68 Å². The fraction of sp³-hybridized carbons (Fsp3) is 0.250. The molecular formula is C8H8N2O2. The molecule has 62 valence electrons. The van der Waals surface area contributed by atoms with Crippen LogP contribution in [-0.4, -0.2) is 10.8 Å². The summed E-state index contributed by atoms with van der Waals surface area (Å²) in [6.07, 6.45) is 3.27. The van der Waals surface area contributed by atoms with Gasteiger partial charge in [0, 0.05) is 6.92 Å². The average molecular weight is 164 g/mol. The SMILES string of the molecule is CC(=O)N(C#N)Cc1ccco1. The number of nitriles is 1. The summed E-state index contributed by atoms with van der Waals surface area (Å²) in [5.74, 6) is 0.320. The number of nitrogens with zero attached hydrogens (tertiary/aromatic N) is 2. The molecule has 4 nitrogen and oxygen atoms in total. The lowest BCUT2D eigenvalue weighted by Gasteiger charge is -2.07. The number of amides is 1. The lowest BCUT2D eigenvalue weighted by atomic mass is 10.4. The van der Waals surface area contributed by atoms with Gasteiger partial charge in [0.25, 0.3) is 0 Å². The summed E-state index contributed by atoms with van der Waals surface area (Å²) >= 11 is 0. The van der Waals surface area contributed by atoms with E-state index in [1.54, 1.807) is 18.3 Å². The quantitative estimate of drug-likeness (QED) is 0.486. The second-order valence-electron chi connectivity index (χ2n) is 2.28. The van der Waals surface area contributed by atoms with Gasteiger partial charge in [-0.1, -0.05) is 0 Å². The predicted octanol–water partition coefficient (Wildman–Crippen LogP) is 1.11. The molecule has 0 aromatic carbocycles. The van der Waals surface area contributed by atoms with E-state index < -0.39 is 0 Å². The lowest BCUT2D eigenvalue weighted by molar-refractivity contribution is -0.126. The Balaban J connectivity index is 2.62. The topological polar surface area (TPSA) is 57.2 Å². The Kier molecular flexibility index (Phi) is 2.49. The van der Waals surface area contributed by atoms with Crippen molar-refractivity contribution in [2.24, 2.45) is 0 Å². The molecule has 0 atom stereocenters. The Morgan fingerprint density at radius 1 is 1.83 bits per heavy atom. The van der Waals surface area contributed by atoms with Crippen LogP contribution in [0.1, 0.15) is 12.7 Å². The third-order valence-electron chi connectivity index (χ3n) is 1.39. The van der Waals surface area contributed by atoms with E-state index in [2.05, 4.69) is 0 Å². The second kappa shape index (κ2) is 3.58. The molecule has 0 fully saturated rings. The molecule has 0 radical (unpaired) electrons. The van der Waals surface area contributed by atoms with Gasteiger partial charge in [0.2, 0.25) is 5.91 Å². The minimum atomic E-state index is -0.283. The van der Waals surface area contributed by atoms with Crippen LogP contribution in [0.5, 0.6) is 0 Å². The highest BCUT2D eigenvalue weighted by Crippen LogP contribution is 2.04. The first-order chi connectivity index (χ1) is 5.74. The van der Waals surface area contributed by atoms with Crippen molar-refractivity contribution in [2.75, 3.05) is 0 Å². The van der Waals surface area contributed by atoms with Crippen LogP contribution >= 0.6 is 0 Å². The van der Waals surface area contributed by atoms with Gasteiger partial charge in [0.1, 0.15) is 5.76 Å². The van der Waals surface area contributed by atoms with Gasteiger partial charge < -0.3 is 4.42 Å². The van der Waals surface area contributed by atoms with Crippen molar-refractivity contribution < 1.29 is 9.21 Å². The van der Waals surface area contributed by atoms with Crippen molar-refractivity contribution in [3.8, 4) is 6.19 Å². The van der Waals surface area contributed by atoms with Crippen molar-refractivity contribution in [1.29, 1.82) is 5.26 Å². The molecule has 1 aromatic heterocycles. The van der Waals surface area contributed by atoms with Crippen molar-refractivity contribution in [2.45, 2.75) is 13.5 Å². The smallest absolute Gasteiger partial charge is 0.232 e. The maximum absolute atomic E-state index is 10.8.